The molecular formula is C15H12N2O6S2. The smallest absolute Gasteiger partial charge is 0.349 e. The number of thiophene rings is 1. The average molecular weight is 380 g/mol. The maximum Gasteiger partial charge on any atom is 0.349 e. The summed E-state index contributed by atoms with van der Waals surface area (Å²) in [5.41, 5.74) is 0.646. The van der Waals surface area contributed by atoms with E-state index in [9.17, 15) is 13.2 Å². The van der Waals surface area contributed by atoms with Crippen LogP contribution < -0.4 is 4.18 Å². The van der Waals surface area contributed by atoms with E-state index in [0.717, 1.165) is 11.3 Å². The van der Waals surface area contributed by atoms with Crippen molar-refractivity contribution < 1.29 is 26.7 Å². The van der Waals surface area contributed by atoms with E-state index in [4.69, 9.17) is 8.71 Å². The Morgan fingerprint density at radius 3 is 2.52 bits per heavy atom. The lowest BCUT2D eigenvalue weighted by atomic mass is 10.2. The van der Waals surface area contributed by atoms with E-state index in [-0.39, 0.29) is 15.5 Å². The summed E-state index contributed by atoms with van der Waals surface area (Å²) in [6.45, 7) is 1.67. The van der Waals surface area contributed by atoms with Gasteiger partial charge in [0.25, 0.3) is 0 Å². The van der Waals surface area contributed by atoms with Crippen LogP contribution >= 0.6 is 11.3 Å². The van der Waals surface area contributed by atoms with E-state index >= 15 is 0 Å². The van der Waals surface area contributed by atoms with Gasteiger partial charge < -0.3 is 13.4 Å². The molecule has 0 aliphatic carbocycles. The summed E-state index contributed by atoms with van der Waals surface area (Å²) in [4.78, 5) is 15.4. The molecule has 0 aliphatic rings. The van der Waals surface area contributed by atoms with Gasteiger partial charge in [0.05, 0.1) is 7.11 Å². The van der Waals surface area contributed by atoms with Crippen molar-refractivity contribution in [3.05, 3.63) is 46.5 Å². The van der Waals surface area contributed by atoms with Gasteiger partial charge in [-0.05, 0) is 35.7 Å². The molecule has 25 heavy (non-hydrogen) atoms. The molecule has 0 amide bonds. The fraction of sp³-hybridized carbons (Fsp3) is 0.133. The van der Waals surface area contributed by atoms with Crippen LogP contribution in [0, 0.1) is 6.92 Å². The molecule has 2 aromatic heterocycles. The lowest BCUT2D eigenvalue weighted by Gasteiger charge is -2.07. The van der Waals surface area contributed by atoms with Gasteiger partial charge in [0.1, 0.15) is 15.5 Å². The quantitative estimate of drug-likeness (QED) is 0.491. The third-order valence-corrected chi connectivity index (χ3v) is 5.43. The highest BCUT2D eigenvalue weighted by atomic mass is 32.2. The Bertz CT molecular complexity index is 1000. The molecule has 0 unspecified atom stereocenters. The Kier molecular flexibility index (Phi) is 4.55. The minimum atomic E-state index is -4.17. The normalized spacial score (nSPS) is 11.3. The van der Waals surface area contributed by atoms with Gasteiger partial charge in [0, 0.05) is 12.5 Å². The number of benzene rings is 1. The summed E-state index contributed by atoms with van der Waals surface area (Å²) >= 11 is 0.961. The standard InChI is InChI=1S/C15H12N2O6S2/c1-9-16-14(17-22-9)10-3-5-11(6-4-10)23-25(19,20)12-7-8-24-13(12)15(18)21-2/h3-8H,1-2H3. The first kappa shape index (κ1) is 17.1. The predicted octanol–water partition coefficient (Wildman–Crippen LogP) is 2.66. The fourth-order valence-corrected chi connectivity index (χ4v) is 4.22. The van der Waals surface area contributed by atoms with Crippen molar-refractivity contribution in [2.75, 3.05) is 7.11 Å². The maximum atomic E-state index is 12.4. The van der Waals surface area contributed by atoms with Crippen molar-refractivity contribution >= 4 is 27.4 Å². The van der Waals surface area contributed by atoms with Gasteiger partial charge in [-0.3, -0.25) is 0 Å². The molecule has 10 heteroatoms. The number of aromatic nitrogens is 2. The van der Waals surface area contributed by atoms with E-state index in [1.807, 2.05) is 0 Å². The summed E-state index contributed by atoms with van der Waals surface area (Å²) in [5.74, 6) is 0.161. The maximum absolute atomic E-state index is 12.4. The number of esters is 1. The third-order valence-electron chi connectivity index (χ3n) is 3.12. The van der Waals surface area contributed by atoms with Crippen LogP contribution in [-0.4, -0.2) is 31.6 Å². The van der Waals surface area contributed by atoms with Crippen LogP contribution in [0.5, 0.6) is 5.75 Å². The highest BCUT2D eigenvalue weighted by molar-refractivity contribution is 7.87. The van der Waals surface area contributed by atoms with E-state index in [0.29, 0.717) is 17.3 Å². The van der Waals surface area contributed by atoms with E-state index in [1.165, 1.54) is 30.7 Å². The van der Waals surface area contributed by atoms with Crippen molar-refractivity contribution in [2.45, 2.75) is 11.8 Å². The lowest BCUT2D eigenvalue weighted by Crippen LogP contribution is -2.13. The molecule has 0 saturated carbocycles. The lowest BCUT2D eigenvalue weighted by molar-refractivity contribution is 0.0602. The van der Waals surface area contributed by atoms with Gasteiger partial charge >= 0.3 is 16.1 Å². The average Bonchev–Trinajstić information content (AvgIpc) is 3.24. The van der Waals surface area contributed by atoms with Gasteiger partial charge in [-0.2, -0.15) is 13.4 Å². The number of hydrogen-bond donors (Lipinski definition) is 0. The first-order valence-corrected chi connectivity index (χ1v) is 9.20. The van der Waals surface area contributed by atoms with Gasteiger partial charge in [-0.25, -0.2) is 4.79 Å². The fourth-order valence-electron chi connectivity index (χ4n) is 1.98. The molecule has 0 N–H and O–H groups in total. The summed E-state index contributed by atoms with van der Waals surface area (Å²) in [6.07, 6.45) is 0. The number of carbonyl (C=O) groups excluding carboxylic acids is 1. The Labute approximate surface area is 147 Å². The molecule has 3 aromatic rings. The van der Waals surface area contributed by atoms with Crippen LogP contribution in [0.3, 0.4) is 0 Å². The zero-order chi connectivity index (χ0) is 18.0. The van der Waals surface area contributed by atoms with E-state index in [2.05, 4.69) is 14.9 Å². The third kappa shape index (κ3) is 3.54. The predicted molar refractivity (Wildman–Crippen MR) is 87.9 cm³/mol. The van der Waals surface area contributed by atoms with Gasteiger partial charge in [-0.1, -0.05) is 5.16 Å². The van der Waals surface area contributed by atoms with Crippen molar-refractivity contribution in [1.82, 2.24) is 10.1 Å². The van der Waals surface area contributed by atoms with Crippen LogP contribution in [0.1, 0.15) is 15.6 Å². The number of rotatable bonds is 5. The summed E-state index contributed by atoms with van der Waals surface area (Å²) in [5, 5.41) is 5.25. The summed E-state index contributed by atoms with van der Waals surface area (Å²) in [6, 6.07) is 7.42. The molecule has 0 radical (unpaired) electrons. The van der Waals surface area contributed by atoms with E-state index in [1.54, 1.807) is 19.1 Å². The second-order valence-electron chi connectivity index (χ2n) is 4.80. The van der Waals surface area contributed by atoms with E-state index < -0.39 is 16.1 Å². The first-order chi connectivity index (χ1) is 11.9. The van der Waals surface area contributed by atoms with Gasteiger partial charge in [0.15, 0.2) is 0 Å². The first-order valence-electron chi connectivity index (χ1n) is 6.92. The number of aryl methyl sites for hydroxylation is 1. The Morgan fingerprint density at radius 2 is 1.92 bits per heavy atom. The second kappa shape index (κ2) is 6.65. The Balaban J connectivity index is 1.84. The largest absolute Gasteiger partial charge is 0.465 e. The van der Waals surface area contributed by atoms with Gasteiger partial charge in [-0.15, -0.1) is 11.3 Å². The molecule has 0 saturated heterocycles. The molecule has 8 nitrogen and oxygen atoms in total. The molecule has 0 aliphatic heterocycles. The number of hydrogen-bond acceptors (Lipinski definition) is 9. The minimum absolute atomic E-state index is 0.0404. The second-order valence-corrected chi connectivity index (χ2v) is 7.24. The summed E-state index contributed by atoms with van der Waals surface area (Å²) < 4.78 is 39.4. The van der Waals surface area contributed by atoms with Crippen LogP contribution in [0.25, 0.3) is 11.4 Å². The molecule has 0 atom stereocenters. The number of nitrogens with zero attached hydrogens (tertiary/aromatic N) is 2. The van der Waals surface area contributed by atoms with Crippen LogP contribution in [0.2, 0.25) is 0 Å². The van der Waals surface area contributed by atoms with Gasteiger partial charge in [0.2, 0.25) is 11.7 Å². The number of carbonyl (C=O) groups is 1. The Hall–Kier alpha value is -2.72. The SMILES string of the molecule is COC(=O)c1sccc1S(=O)(=O)Oc1ccc(-c2noc(C)n2)cc1. The summed E-state index contributed by atoms with van der Waals surface area (Å²) in [7, 11) is -2.99. The molecule has 1 aromatic carbocycles. The van der Waals surface area contributed by atoms with Crippen molar-refractivity contribution in [3.63, 3.8) is 0 Å². The zero-order valence-electron chi connectivity index (χ0n) is 13.1. The van der Waals surface area contributed by atoms with Crippen molar-refractivity contribution in [2.24, 2.45) is 0 Å². The molecule has 130 valence electrons. The molecular weight excluding hydrogens is 368 g/mol. The van der Waals surface area contributed by atoms with Crippen molar-refractivity contribution in [1.29, 1.82) is 0 Å². The minimum Gasteiger partial charge on any atom is -0.465 e. The topological polar surface area (TPSA) is 109 Å². The molecule has 2 heterocycles. The van der Waals surface area contributed by atoms with Crippen molar-refractivity contribution in [3.8, 4) is 17.1 Å². The van der Waals surface area contributed by atoms with Crippen LogP contribution in [-0.2, 0) is 14.9 Å². The Morgan fingerprint density at radius 1 is 1.20 bits per heavy atom. The molecule has 0 fully saturated rings. The highest BCUT2D eigenvalue weighted by Gasteiger charge is 2.26. The number of ether oxygens (including phenoxy) is 1. The highest BCUT2D eigenvalue weighted by Crippen LogP contribution is 2.27. The molecule has 0 spiro atoms. The number of methoxy groups -OCH3 is 1. The van der Waals surface area contributed by atoms with Crippen LogP contribution in [0.15, 0.2) is 45.1 Å². The monoisotopic (exact) mass is 380 g/mol. The van der Waals surface area contributed by atoms with Crippen LogP contribution in [0.4, 0.5) is 0 Å². The molecule has 3 rings (SSSR count). The molecule has 0 bridgehead atoms. The zero-order valence-corrected chi connectivity index (χ0v) is 14.8.